The third-order valence-corrected chi connectivity index (χ3v) is 8.66. The highest BCUT2D eigenvalue weighted by molar-refractivity contribution is 6.21. The summed E-state index contributed by atoms with van der Waals surface area (Å²) in [5.41, 5.74) is 2.04. The molecule has 1 aliphatic carbocycles. The van der Waals surface area contributed by atoms with Gasteiger partial charge < -0.3 is 10.2 Å². The van der Waals surface area contributed by atoms with E-state index in [1.165, 1.54) is 42.7 Å². The summed E-state index contributed by atoms with van der Waals surface area (Å²) in [5.74, 6) is 1.02. The molecule has 4 saturated heterocycles. The van der Waals surface area contributed by atoms with Gasteiger partial charge in [-0.25, -0.2) is 9.69 Å². The number of nitrogens with zero attached hydrogens (tertiary/aromatic N) is 3. The number of rotatable bonds is 4. The molecule has 4 amide bonds. The standard InChI is InChI=1S/C27H34N4O3/c32-24(12-11-22-26(33)31(27(34)28-22)21-8-2-1-3-9-21)30-14-6-7-18-15-19-16-20(25(18)30)17-29-13-5-4-10-23(19)29/h1-3,8-9,15,19-20,22-23,25H,4-7,10-14,16-17H2,(H,28,34)/t19-,20+,22?,23?,25?/m1/s1. The van der Waals surface area contributed by atoms with Crippen molar-refractivity contribution in [3.63, 3.8) is 0 Å². The molecule has 1 aromatic rings. The number of piperidine rings is 3. The zero-order chi connectivity index (χ0) is 23.2. The molecule has 180 valence electrons. The molecule has 4 aliphatic heterocycles. The summed E-state index contributed by atoms with van der Waals surface area (Å²) in [6, 6.07) is 8.83. The van der Waals surface area contributed by atoms with Gasteiger partial charge in [-0.2, -0.15) is 0 Å². The van der Waals surface area contributed by atoms with E-state index in [-0.39, 0.29) is 24.3 Å². The third kappa shape index (κ3) is 3.74. The van der Waals surface area contributed by atoms with Gasteiger partial charge >= 0.3 is 6.03 Å². The molecule has 5 atom stereocenters. The number of fused-ring (bicyclic) bond motifs is 6. The number of imide groups is 1. The van der Waals surface area contributed by atoms with Crippen molar-refractivity contribution >= 4 is 23.5 Å². The van der Waals surface area contributed by atoms with Crippen LogP contribution in [0.15, 0.2) is 42.0 Å². The van der Waals surface area contributed by atoms with Crippen LogP contribution < -0.4 is 10.2 Å². The molecule has 5 aliphatic rings. The second kappa shape index (κ2) is 8.84. The van der Waals surface area contributed by atoms with Crippen molar-refractivity contribution < 1.29 is 14.4 Å². The topological polar surface area (TPSA) is 73.0 Å². The zero-order valence-electron chi connectivity index (χ0n) is 19.7. The lowest BCUT2D eigenvalue weighted by atomic mass is 9.68. The van der Waals surface area contributed by atoms with Crippen molar-refractivity contribution in [3.8, 4) is 0 Å². The van der Waals surface area contributed by atoms with E-state index in [4.69, 9.17) is 0 Å². The van der Waals surface area contributed by atoms with Gasteiger partial charge in [0.05, 0.1) is 11.7 Å². The van der Waals surface area contributed by atoms with E-state index in [9.17, 15) is 14.4 Å². The van der Waals surface area contributed by atoms with Crippen LogP contribution in [-0.2, 0) is 9.59 Å². The molecule has 1 N–H and O–H groups in total. The summed E-state index contributed by atoms with van der Waals surface area (Å²) in [7, 11) is 0. The lowest BCUT2D eigenvalue weighted by Crippen LogP contribution is -2.60. The van der Waals surface area contributed by atoms with Crippen LogP contribution in [0.5, 0.6) is 0 Å². The Morgan fingerprint density at radius 2 is 1.91 bits per heavy atom. The Hall–Kier alpha value is -2.67. The van der Waals surface area contributed by atoms with Crippen molar-refractivity contribution in [3.05, 3.63) is 42.0 Å². The zero-order valence-corrected chi connectivity index (χ0v) is 19.7. The Morgan fingerprint density at radius 1 is 1.06 bits per heavy atom. The van der Waals surface area contributed by atoms with Crippen LogP contribution in [-0.4, -0.2) is 65.4 Å². The first-order valence-corrected chi connectivity index (χ1v) is 13.0. The van der Waals surface area contributed by atoms with Crippen LogP contribution in [0, 0.1) is 11.8 Å². The van der Waals surface area contributed by atoms with Gasteiger partial charge in [-0.3, -0.25) is 14.5 Å². The maximum absolute atomic E-state index is 13.4. The quantitative estimate of drug-likeness (QED) is 0.550. The van der Waals surface area contributed by atoms with Crippen molar-refractivity contribution in [2.24, 2.45) is 11.8 Å². The Morgan fingerprint density at radius 3 is 2.76 bits per heavy atom. The molecule has 0 radical (unpaired) electrons. The maximum Gasteiger partial charge on any atom is 0.329 e. The SMILES string of the molecule is O=C1NC(CCC(=O)N2CCCC3=C[C@@H]4C[C@@H](CN5CCCCC45)C32)C(=O)N1c1ccccc1. The van der Waals surface area contributed by atoms with Crippen LogP contribution in [0.2, 0.25) is 0 Å². The third-order valence-electron chi connectivity index (χ3n) is 8.66. The molecule has 1 aromatic carbocycles. The maximum atomic E-state index is 13.4. The molecule has 2 bridgehead atoms. The first kappa shape index (κ1) is 21.8. The van der Waals surface area contributed by atoms with Gasteiger partial charge in [-0.1, -0.05) is 36.3 Å². The lowest BCUT2D eigenvalue weighted by Gasteiger charge is -2.54. The lowest BCUT2D eigenvalue weighted by molar-refractivity contribution is -0.136. The van der Waals surface area contributed by atoms with Crippen molar-refractivity contribution in [2.75, 3.05) is 24.5 Å². The minimum Gasteiger partial charge on any atom is -0.336 e. The number of nitrogens with one attached hydrogen (secondary N) is 1. The molecule has 0 saturated carbocycles. The predicted octanol–water partition coefficient (Wildman–Crippen LogP) is 3.31. The average molecular weight is 463 g/mol. The van der Waals surface area contributed by atoms with E-state index in [2.05, 4.69) is 21.2 Å². The molecular weight excluding hydrogens is 428 g/mol. The first-order chi connectivity index (χ1) is 16.6. The molecule has 0 aromatic heterocycles. The van der Waals surface area contributed by atoms with E-state index in [1.807, 2.05) is 6.07 Å². The first-order valence-electron chi connectivity index (χ1n) is 13.0. The molecule has 3 unspecified atom stereocenters. The van der Waals surface area contributed by atoms with Crippen molar-refractivity contribution in [1.82, 2.24) is 15.1 Å². The number of likely N-dealkylation sites (tertiary alicyclic amines) is 1. The number of carbonyl (C=O) groups is 3. The largest absolute Gasteiger partial charge is 0.336 e. The minimum atomic E-state index is -0.643. The molecule has 6 rings (SSSR count). The van der Waals surface area contributed by atoms with Crippen LogP contribution in [0.25, 0.3) is 0 Å². The minimum absolute atomic E-state index is 0.120. The molecule has 7 nitrogen and oxygen atoms in total. The van der Waals surface area contributed by atoms with E-state index in [1.54, 1.807) is 24.3 Å². The normalized spacial score (nSPS) is 33.2. The van der Waals surface area contributed by atoms with Crippen molar-refractivity contribution in [2.45, 2.75) is 69.5 Å². The van der Waals surface area contributed by atoms with Gasteiger partial charge in [0.25, 0.3) is 5.91 Å². The summed E-state index contributed by atoms with van der Waals surface area (Å²) in [5, 5.41) is 2.78. The van der Waals surface area contributed by atoms with Gasteiger partial charge in [0.15, 0.2) is 0 Å². The van der Waals surface area contributed by atoms with E-state index in [0.717, 1.165) is 25.9 Å². The Labute approximate surface area is 201 Å². The van der Waals surface area contributed by atoms with E-state index >= 15 is 0 Å². The molecule has 7 heteroatoms. The summed E-state index contributed by atoms with van der Waals surface area (Å²) in [4.78, 5) is 44.8. The highest BCUT2D eigenvalue weighted by atomic mass is 16.2. The number of carbonyl (C=O) groups excluding carboxylic acids is 3. The van der Waals surface area contributed by atoms with Gasteiger partial charge in [0.2, 0.25) is 5.91 Å². The van der Waals surface area contributed by atoms with E-state index in [0.29, 0.717) is 30.0 Å². The second-order valence-electron chi connectivity index (χ2n) is 10.6. The van der Waals surface area contributed by atoms with Crippen LogP contribution in [0.4, 0.5) is 10.5 Å². The molecule has 4 heterocycles. The van der Waals surface area contributed by atoms with Gasteiger partial charge in [0, 0.05) is 25.6 Å². The number of hydrogen-bond donors (Lipinski definition) is 1. The molecular formula is C27H34N4O3. The molecule has 34 heavy (non-hydrogen) atoms. The molecule has 4 fully saturated rings. The van der Waals surface area contributed by atoms with Crippen LogP contribution in [0.1, 0.15) is 51.4 Å². The van der Waals surface area contributed by atoms with Crippen LogP contribution >= 0.6 is 0 Å². The number of urea groups is 1. The summed E-state index contributed by atoms with van der Waals surface area (Å²) in [6.07, 6.45) is 10.4. The van der Waals surface area contributed by atoms with Gasteiger partial charge in [-0.05, 0) is 69.0 Å². The Kier molecular flexibility index (Phi) is 5.68. The summed E-state index contributed by atoms with van der Waals surface area (Å²) in [6.45, 7) is 3.10. The number of amides is 4. The van der Waals surface area contributed by atoms with E-state index < -0.39 is 12.1 Å². The smallest absolute Gasteiger partial charge is 0.329 e. The van der Waals surface area contributed by atoms with Crippen molar-refractivity contribution in [1.29, 1.82) is 0 Å². The second-order valence-corrected chi connectivity index (χ2v) is 10.6. The van der Waals surface area contributed by atoms with Gasteiger partial charge in [-0.15, -0.1) is 0 Å². The Balaban J connectivity index is 1.13. The molecule has 0 spiro atoms. The fourth-order valence-electron chi connectivity index (χ4n) is 7.21. The highest BCUT2D eigenvalue weighted by Gasteiger charge is 2.47. The monoisotopic (exact) mass is 462 g/mol. The predicted molar refractivity (Wildman–Crippen MR) is 129 cm³/mol. The van der Waals surface area contributed by atoms with Crippen LogP contribution in [0.3, 0.4) is 0 Å². The fourth-order valence-corrected chi connectivity index (χ4v) is 7.21. The Bertz CT molecular complexity index is 1010. The number of benzene rings is 1. The summed E-state index contributed by atoms with van der Waals surface area (Å²) < 4.78 is 0. The van der Waals surface area contributed by atoms with Gasteiger partial charge in [0.1, 0.15) is 6.04 Å². The number of hydrogen-bond acceptors (Lipinski definition) is 4. The fraction of sp³-hybridized carbons (Fsp3) is 0.593. The number of para-hydroxylation sites is 1. The average Bonchev–Trinajstić information content (AvgIpc) is 3.15. The highest BCUT2D eigenvalue weighted by Crippen LogP contribution is 2.45. The number of anilines is 1. The summed E-state index contributed by atoms with van der Waals surface area (Å²) >= 11 is 0.